The number of carbonyl (C=O) groups excluding carboxylic acids is 2. The van der Waals surface area contributed by atoms with Gasteiger partial charge in [-0.3, -0.25) is 9.59 Å². The molecule has 1 saturated heterocycles. The lowest BCUT2D eigenvalue weighted by molar-refractivity contribution is -0.123. The molecule has 4 nitrogen and oxygen atoms in total. The van der Waals surface area contributed by atoms with E-state index in [4.69, 9.17) is 0 Å². The van der Waals surface area contributed by atoms with E-state index >= 15 is 0 Å². The fraction of sp³-hybridized carbons (Fsp3) is 0.333. The Morgan fingerprint density at radius 2 is 2.12 bits per heavy atom. The molecule has 0 radical (unpaired) electrons. The third kappa shape index (κ3) is 2.43. The molecule has 1 heterocycles. The molecule has 5 heteroatoms. The molecule has 2 amide bonds. The van der Waals surface area contributed by atoms with Crippen molar-refractivity contribution < 1.29 is 14.0 Å². The van der Waals surface area contributed by atoms with Gasteiger partial charge in [0.15, 0.2) is 0 Å². The van der Waals surface area contributed by atoms with Crippen LogP contribution >= 0.6 is 0 Å². The van der Waals surface area contributed by atoms with Crippen molar-refractivity contribution in [1.82, 2.24) is 5.32 Å². The fourth-order valence-corrected chi connectivity index (χ4v) is 1.82. The van der Waals surface area contributed by atoms with Gasteiger partial charge in [-0.2, -0.15) is 0 Å². The highest BCUT2D eigenvalue weighted by Gasteiger charge is 2.22. The van der Waals surface area contributed by atoms with E-state index in [0.717, 1.165) is 5.56 Å². The predicted octanol–water partition coefficient (Wildman–Crippen LogP) is 0.987. The molecule has 0 bridgehead atoms. The highest BCUT2D eigenvalue weighted by molar-refractivity contribution is 5.99. The molecule has 90 valence electrons. The molecule has 0 spiro atoms. The van der Waals surface area contributed by atoms with E-state index < -0.39 is 0 Å². The number of rotatable bonds is 1. The summed E-state index contributed by atoms with van der Waals surface area (Å²) in [4.78, 5) is 24.5. The molecule has 0 unspecified atom stereocenters. The molecule has 1 aromatic carbocycles. The van der Waals surface area contributed by atoms with E-state index in [2.05, 4.69) is 5.32 Å². The van der Waals surface area contributed by atoms with Gasteiger partial charge in [-0.15, -0.1) is 0 Å². The highest BCUT2D eigenvalue weighted by atomic mass is 19.1. The Kier molecular flexibility index (Phi) is 3.08. The topological polar surface area (TPSA) is 49.4 Å². The SMILES string of the molecule is Cc1ccc(F)cc1N1CCC(=O)NCC1=O. The quantitative estimate of drug-likeness (QED) is 0.790. The summed E-state index contributed by atoms with van der Waals surface area (Å²) < 4.78 is 13.2. The Bertz CT molecular complexity index is 474. The minimum atomic E-state index is -0.387. The zero-order chi connectivity index (χ0) is 12.4. The first kappa shape index (κ1) is 11.6. The molecular weight excluding hydrogens is 223 g/mol. The van der Waals surface area contributed by atoms with E-state index in [9.17, 15) is 14.0 Å². The second-order valence-corrected chi connectivity index (χ2v) is 4.00. The van der Waals surface area contributed by atoms with Crippen molar-refractivity contribution in [3.63, 3.8) is 0 Å². The standard InChI is InChI=1S/C12H13FN2O2/c1-8-2-3-9(13)6-10(8)15-5-4-11(16)14-7-12(15)17/h2-3,6H,4-5,7H2,1H3,(H,14,16). The highest BCUT2D eigenvalue weighted by Crippen LogP contribution is 2.22. The first-order valence-electron chi connectivity index (χ1n) is 5.41. The molecule has 1 N–H and O–H groups in total. The minimum Gasteiger partial charge on any atom is -0.347 e. The van der Waals surface area contributed by atoms with Gasteiger partial charge in [-0.05, 0) is 24.6 Å². The Morgan fingerprint density at radius 1 is 1.35 bits per heavy atom. The van der Waals surface area contributed by atoms with Crippen LogP contribution in [0, 0.1) is 12.7 Å². The third-order valence-electron chi connectivity index (χ3n) is 2.76. The van der Waals surface area contributed by atoms with Crippen LogP contribution in [0.4, 0.5) is 10.1 Å². The number of hydrogen-bond acceptors (Lipinski definition) is 2. The Hall–Kier alpha value is -1.91. The maximum absolute atomic E-state index is 13.2. The van der Waals surface area contributed by atoms with E-state index in [1.165, 1.54) is 17.0 Å². The number of carbonyl (C=O) groups is 2. The summed E-state index contributed by atoms with van der Waals surface area (Å²) >= 11 is 0. The van der Waals surface area contributed by atoms with Gasteiger partial charge in [0.25, 0.3) is 0 Å². The molecule has 0 saturated carbocycles. The maximum atomic E-state index is 13.2. The van der Waals surface area contributed by atoms with Crippen LogP contribution in [-0.4, -0.2) is 24.9 Å². The van der Waals surface area contributed by atoms with E-state index in [1.54, 1.807) is 6.07 Å². The molecule has 0 atom stereocenters. The van der Waals surface area contributed by atoms with Crippen molar-refractivity contribution in [3.8, 4) is 0 Å². The van der Waals surface area contributed by atoms with Gasteiger partial charge in [-0.1, -0.05) is 6.07 Å². The lowest BCUT2D eigenvalue weighted by atomic mass is 10.1. The summed E-state index contributed by atoms with van der Waals surface area (Å²) in [6, 6.07) is 4.30. The van der Waals surface area contributed by atoms with Gasteiger partial charge >= 0.3 is 0 Å². The van der Waals surface area contributed by atoms with Crippen LogP contribution in [0.2, 0.25) is 0 Å². The van der Waals surface area contributed by atoms with Gasteiger partial charge < -0.3 is 10.2 Å². The van der Waals surface area contributed by atoms with Gasteiger partial charge in [0, 0.05) is 18.7 Å². The number of aryl methyl sites for hydroxylation is 1. The molecule has 1 aliphatic rings. The van der Waals surface area contributed by atoms with Gasteiger partial charge in [-0.25, -0.2) is 4.39 Å². The molecule has 1 fully saturated rings. The summed E-state index contributed by atoms with van der Waals surface area (Å²) in [7, 11) is 0. The molecule has 0 aliphatic carbocycles. The summed E-state index contributed by atoms with van der Waals surface area (Å²) in [5.74, 6) is -0.763. The van der Waals surface area contributed by atoms with Crippen LogP contribution < -0.4 is 10.2 Å². The van der Waals surface area contributed by atoms with Crippen LogP contribution in [0.3, 0.4) is 0 Å². The second-order valence-electron chi connectivity index (χ2n) is 4.00. The van der Waals surface area contributed by atoms with Crippen LogP contribution in [0.1, 0.15) is 12.0 Å². The molecule has 17 heavy (non-hydrogen) atoms. The number of anilines is 1. The molecule has 2 rings (SSSR count). The molecule has 1 aliphatic heterocycles. The number of benzene rings is 1. The lowest BCUT2D eigenvalue weighted by Crippen LogP contribution is -2.35. The van der Waals surface area contributed by atoms with Crippen molar-refractivity contribution in [2.75, 3.05) is 18.0 Å². The van der Waals surface area contributed by atoms with Crippen molar-refractivity contribution in [2.45, 2.75) is 13.3 Å². The summed E-state index contributed by atoms with van der Waals surface area (Å²) in [5.41, 5.74) is 1.35. The number of nitrogens with zero attached hydrogens (tertiary/aromatic N) is 1. The maximum Gasteiger partial charge on any atom is 0.246 e. The van der Waals surface area contributed by atoms with Gasteiger partial charge in [0.2, 0.25) is 11.8 Å². The van der Waals surface area contributed by atoms with Crippen LogP contribution in [-0.2, 0) is 9.59 Å². The minimum absolute atomic E-state index is 0.0329. The summed E-state index contributed by atoms with van der Waals surface area (Å²) in [5, 5.41) is 2.50. The summed E-state index contributed by atoms with van der Waals surface area (Å²) in [6.07, 6.45) is 0.238. The normalized spacial score (nSPS) is 16.7. The van der Waals surface area contributed by atoms with E-state index in [-0.39, 0.29) is 37.1 Å². The zero-order valence-corrected chi connectivity index (χ0v) is 9.50. The Balaban J connectivity index is 2.34. The van der Waals surface area contributed by atoms with E-state index in [0.29, 0.717) is 5.69 Å². The van der Waals surface area contributed by atoms with Crippen molar-refractivity contribution in [1.29, 1.82) is 0 Å². The second kappa shape index (κ2) is 4.53. The first-order valence-corrected chi connectivity index (χ1v) is 5.41. The monoisotopic (exact) mass is 236 g/mol. The van der Waals surface area contributed by atoms with E-state index in [1.807, 2.05) is 6.92 Å². The van der Waals surface area contributed by atoms with Gasteiger partial charge in [0.1, 0.15) is 5.82 Å². The number of amides is 2. The summed E-state index contributed by atoms with van der Waals surface area (Å²) in [6.45, 7) is 2.06. The van der Waals surface area contributed by atoms with Gasteiger partial charge in [0.05, 0.1) is 6.54 Å². The average molecular weight is 236 g/mol. The van der Waals surface area contributed by atoms with Crippen molar-refractivity contribution in [2.24, 2.45) is 0 Å². The Morgan fingerprint density at radius 3 is 2.88 bits per heavy atom. The largest absolute Gasteiger partial charge is 0.347 e. The smallest absolute Gasteiger partial charge is 0.246 e. The van der Waals surface area contributed by atoms with Crippen molar-refractivity contribution >= 4 is 17.5 Å². The van der Waals surface area contributed by atoms with Crippen LogP contribution in [0.5, 0.6) is 0 Å². The molecule has 1 aromatic rings. The first-order chi connectivity index (χ1) is 8.08. The number of halogens is 1. The average Bonchev–Trinajstić information content (AvgIpc) is 2.46. The predicted molar refractivity (Wildman–Crippen MR) is 61.1 cm³/mol. The number of nitrogens with one attached hydrogen (secondary N) is 1. The van der Waals surface area contributed by atoms with Crippen molar-refractivity contribution in [3.05, 3.63) is 29.6 Å². The molecular formula is C12H13FN2O2. The molecule has 0 aromatic heterocycles. The third-order valence-corrected chi connectivity index (χ3v) is 2.76. The fourth-order valence-electron chi connectivity index (χ4n) is 1.82. The number of hydrogen-bond donors (Lipinski definition) is 1. The lowest BCUT2D eigenvalue weighted by Gasteiger charge is -2.21. The van der Waals surface area contributed by atoms with Crippen LogP contribution in [0.15, 0.2) is 18.2 Å². The Labute approximate surface area is 98.4 Å². The van der Waals surface area contributed by atoms with Crippen LogP contribution in [0.25, 0.3) is 0 Å². The zero-order valence-electron chi connectivity index (χ0n) is 9.50.